The van der Waals surface area contributed by atoms with Crippen LogP contribution in [0.3, 0.4) is 0 Å². The molecule has 1 aromatic rings. The summed E-state index contributed by atoms with van der Waals surface area (Å²) in [5.74, 6) is 0. The van der Waals surface area contributed by atoms with Crippen molar-refractivity contribution in [2.45, 2.75) is 32.9 Å². The van der Waals surface area contributed by atoms with E-state index in [9.17, 15) is 13.2 Å². The van der Waals surface area contributed by atoms with E-state index in [1.165, 1.54) is 0 Å². The van der Waals surface area contributed by atoms with Gasteiger partial charge in [-0.25, -0.2) is 17.9 Å². The van der Waals surface area contributed by atoms with E-state index in [0.29, 0.717) is 26.2 Å². The molecule has 0 bridgehead atoms. The third kappa shape index (κ3) is 6.21. The van der Waals surface area contributed by atoms with Gasteiger partial charge >= 0.3 is 6.09 Å². The van der Waals surface area contributed by atoms with Crippen LogP contribution in [0.4, 0.5) is 10.5 Å². The molecule has 1 aliphatic heterocycles. The Bertz CT molecular complexity index is 705. The lowest BCUT2D eigenvalue weighted by molar-refractivity contribution is 0.0240. The van der Waals surface area contributed by atoms with Gasteiger partial charge in [0.25, 0.3) is 0 Å². The molecule has 1 aliphatic rings. The highest BCUT2D eigenvalue weighted by Crippen LogP contribution is 2.22. The molecule has 0 aliphatic carbocycles. The summed E-state index contributed by atoms with van der Waals surface area (Å²) in [6.07, 6.45) is 0.856. The normalized spacial score (nSPS) is 16.0. The molecule has 8 heteroatoms. The van der Waals surface area contributed by atoms with Crippen LogP contribution in [0, 0.1) is 0 Å². The number of para-hydroxylation sites is 1. The average Bonchev–Trinajstić information content (AvgIpc) is 2.51. The number of piperazine rings is 1. The molecule has 1 saturated heterocycles. The maximum absolute atomic E-state index is 12.1. The standard InChI is InChI=1S/C17H27N3O4S/c1-17(2,3)24-16(21)20-11-9-19(10-12-20)15-8-6-5-7-14(15)13-18-25(4,22)23/h5-8,18H,9-13H2,1-4H3. The second-order valence-electron chi connectivity index (χ2n) is 7.18. The third-order valence-electron chi connectivity index (χ3n) is 3.79. The first-order chi connectivity index (χ1) is 11.6. The second-order valence-corrected chi connectivity index (χ2v) is 9.01. The van der Waals surface area contributed by atoms with E-state index in [0.717, 1.165) is 17.5 Å². The van der Waals surface area contributed by atoms with Gasteiger partial charge in [-0.3, -0.25) is 0 Å². The predicted octanol–water partition coefficient (Wildman–Crippen LogP) is 1.79. The topological polar surface area (TPSA) is 79.0 Å². The van der Waals surface area contributed by atoms with Crippen molar-refractivity contribution in [3.8, 4) is 0 Å². The van der Waals surface area contributed by atoms with Crippen LogP contribution in [0.5, 0.6) is 0 Å². The molecule has 140 valence electrons. The first-order valence-corrected chi connectivity index (χ1v) is 10.2. The van der Waals surface area contributed by atoms with Crippen molar-refractivity contribution in [3.63, 3.8) is 0 Å². The number of hydrogen-bond donors (Lipinski definition) is 1. The fourth-order valence-corrected chi connectivity index (χ4v) is 3.05. The number of carbonyl (C=O) groups excluding carboxylic acids is 1. The fraction of sp³-hybridized carbons (Fsp3) is 0.588. The van der Waals surface area contributed by atoms with Gasteiger partial charge in [0.2, 0.25) is 10.0 Å². The number of rotatable bonds is 4. The van der Waals surface area contributed by atoms with E-state index in [4.69, 9.17) is 4.74 Å². The van der Waals surface area contributed by atoms with Gasteiger partial charge in [0, 0.05) is 38.4 Å². The van der Waals surface area contributed by atoms with Crippen LogP contribution in [0.25, 0.3) is 0 Å². The molecule has 1 aromatic carbocycles. The summed E-state index contributed by atoms with van der Waals surface area (Å²) in [5.41, 5.74) is 1.40. The summed E-state index contributed by atoms with van der Waals surface area (Å²) in [7, 11) is -3.25. The number of ether oxygens (including phenoxy) is 1. The number of benzene rings is 1. The lowest BCUT2D eigenvalue weighted by Gasteiger charge is -2.37. The van der Waals surface area contributed by atoms with Crippen molar-refractivity contribution >= 4 is 21.8 Å². The number of nitrogens with one attached hydrogen (secondary N) is 1. The summed E-state index contributed by atoms with van der Waals surface area (Å²) < 4.78 is 30.6. The molecule has 7 nitrogen and oxygen atoms in total. The zero-order chi connectivity index (χ0) is 18.7. The van der Waals surface area contributed by atoms with E-state index in [-0.39, 0.29) is 12.6 Å². The van der Waals surface area contributed by atoms with Gasteiger partial charge in [-0.2, -0.15) is 0 Å². The number of hydrogen-bond acceptors (Lipinski definition) is 5. The Kier molecular flexibility index (Phi) is 5.95. The number of amides is 1. The highest BCUT2D eigenvalue weighted by Gasteiger charge is 2.26. The van der Waals surface area contributed by atoms with Gasteiger partial charge in [0.1, 0.15) is 5.60 Å². The van der Waals surface area contributed by atoms with Crippen molar-refractivity contribution in [2.24, 2.45) is 0 Å². The Morgan fingerprint density at radius 3 is 2.32 bits per heavy atom. The van der Waals surface area contributed by atoms with Crippen LogP contribution < -0.4 is 9.62 Å². The first-order valence-electron chi connectivity index (χ1n) is 8.30. The minimum atomic E-state index is -3.25. The van der Waals surface area contributed by atoms with E-state index in [2.05, 4.69) is 9.62 Å². The van der Waals surface area contributed by atoms with Crippen molar-refractivity contribution in [1.82, 2.24) is 9.62 Å². The Morgan fingerprint density at radius 2 is 1.76 bits per heavy atom. The van der Waals surface area contributed by atoms with Crippen LogP contribution in [0.1, 0.15) is 26.3 Å². The minimum Gasteiger partial charge on any atom is -0.444 e. The molecule has 2 rings (SSSR count). The number of sulfonamides is 1. The SMILES string of the molecule is CC(C)(C)OC(=O)N1CCN(c2ccccc2CNS(C)(=O)=O)CC1. The molecule has 1 amide bonds. The second kappa shape index (κ2) is 7.61. The largest absolute Gasteiger partial charge is 0.444 e. The molecular formula is C17H27N3O4S. The highest BCUT2D eigenvalue weighted by molar-refractivity contribution is 7.88. The minimum absolute atomic E-state index is 0.251. The van der Waals surface area contributed by atoms with Gasteiger partial charge in [-0.05, 0) is 32.4 Å². The Morgan fingerprint density at radius 1 is 1.16 bits per heavy atom. The lowest BCUT2D eigenvalue weighted by atomic mass is 10.1. The summed E-state index contributed by atoms with van der Waals surface area (Å²) >= 11 is 0. The van der Waals surface area contributed by atoms with Crippen molar-refractivity contribution in [3.05, 3.63) is 29.8 Å². The van der Waals surface area contributed by atoms with Gasteiger partial charge < -0.3 is 14.5 Å². The van der Waals surface area contributed by atoms with Crippen LogP contribution in [0.2, 0.25) is 0 Å². The van der Waals surface area contributed by atoms with Gasteiger partial charge in [-0.15, -0.1) is 0 Å². The number of carbonyl (C=O) groups is 1. The van der Waals surface area contributed by atoms with E-state index < -0.39 is 15.6 Å². The van der Waals surface area contributed by atoms with Crippen LogP contribution in [-0.2, 0) is 21.3 Å². The van der Waals surface area contributed by atoms with E-state index >= 15 is 0 Å². The molecule has 0 aromatic heterocycles. The highest BCUT2D eigenvalue weighted by atomic mass is 32.2. The van der Waals surface area contributed by atoms with Crippen molar-refractivity contribution in [2.75, 3.05) is 37.3 Å². The molecule has 1 heterocycles. The Labute approximate surface area is 150 Å². The number of nitrogens with zero attached hydrogens (tertiary/aromatic N) is 2. The van der Waals surface area contributed by atoms with Gasteiger partial charge in [-0.1, -0.05) is 18.2 Å². The third-order valence-corrected chi connectivity index (χ3v) is 4.46. The summed E-state index contributed by atoms with van der Waals surface area (Å²) in [4.78, 5) is 16.0. The van der Waals surface area contributed by atoms with E-state index in [1.807, 2.05) is 45.0 Å². The predicted molar refractivity (Wildman–Crippen MR) is 98.1 cm³/mol. The Hall–Kier alpha value is -1.80. The van der Waals surface area contributed by atoms with Crippen molar-refractivity contribution < 1.29 is 17.9 Å². The quantitative estimate of drug-likeness (QED) is 0.875. The monoisotopic (exact) mass is 369 g/mol. The molecule has 0 spiro atoms. The molecular weight excluding hydrogens is 342 g/mol. The maximum Gasteiger partial charge on any atom is 0.410 e. The van der Waals surface area contributed by atoms with Gasteiger partial charge in [0.15, 0.2) is 0 Å². The molecule has 1 fully saturated rings. The summed E-state index contributed by atoms with van der Waals surface area (Å²) in [6.45, 7) is 8.31. The lowest BCUT2D eigenvalue weighted by Crippen LogP contribution is -2.50. The molecule has 25 heavy (non-hydrogen) atoms. The molecule has 0 saturated carbocycles. The maximum atomic E-state index is 12.1. The van der Waals surface area contributed by atoms with Crippen LogP contribution in [-0.4, -0.2) is 57.4 Å². The van der Waals surface area contributed by atoms with E-state index in [1.54, 1.807) is 4.90 Å². The molecule has 0 atom stereocenters. The zero-order valence-corrected chi connectivity index (χ0v) is 16.1. The van der Waals surface area contributed by atoms with Crippen molar-refractivity contribution in [1.29, 1.82) is 0 Å². The molecule has 0 radical (unpaired) electrons. The number of anilines is 1. The molecule has 1 N–H and O–H groups in total. The fourth-order valence-electron chi connectivity index (χ4n) is 2.63. The Balaban J connectivity index is 2.00. The van der Waals surface area contributed by atoms with Gasteiger partial charge in [0.05, 0.1) is 6.26 Å². The van der Waals surface area contributed by atoms with Crippen LogP contribution in [0.15, 0.2) is 24.3 Å². The summed E-state index contributed by atoms with van der Waals surface area (Å²) in [5, 5.41) is 0. The zero-order valence-electron chi connectivity index (χ0n) is 15.3. The smallest absolute Gasteiger partial charge is 0.410 e. The summed E-state index contributed by atoms with van der Waals surface area (Å²) in [6, 6.07) is 7.70. The average molecular weight is 369 g/mol. The van der Waals surface area contributed by atoms with Crippen LogP contribution >= 0.6 is 0 Å². The molecule has 0 unspecified atom stereocenters. The first kappa shape index (κ1) is 19.5.